The zero-order valence-corrected chi connectivity index (χ0v) is 11.1. The number of hydrogen-bond donors (Lipinski definition) is 1. The molecule has 2 aromatic rings. The molecule has 0 saturated carbocycles. The van der Waals surface area contributed by atoms with E-state index >= 15 is 0 Å². The van der Waals surface area contributed by atoms with Crippen molar-refractivity contribution in [3.63, 3.8) is 0 Å². The zero-order valence-electron chi connectivity index (χ0n) is 11.1. The van der Waals surface area contributed by atoms with E-state index in [1.54, 1.807) is 6.07 Å². The van der Waals surface area contributed by atoms with Gasteiger partial charge in [0.1, 0.15) is 23.5 Å². The SMILES string of the molecule is O=C(NCC1Cc2cc(F)ccc2O1)c1cccc(F)c1. The van der Waals surface area contributed by atoms with Gasteiger partial charge < -0.3 is 10.1 Å². The van der Waals surface area contributed by atoms with Gasteiger partial charge in [-0.25, -0.2) is 8.78 Å². The highest BCUT2D eigenvalue weighted by atomic mass is 19.1. The number of fused-ring (bicyclic) bond motifs is 1. The van der Waals surface area contributed by atoms with Crippen LogP contribution in [0.15, 0.2) is 42.5 Å². The average Bonchev–Trinajstić information content (AvgIpc) is 2.86. The molecule has 2 aromatic carbocycles. The number of halogens is 2. The number of benzene rings is 2. The Morgan fingerprint density at radius 2 is 2.00 bits per heavy atom. The van der Waals surface area contributed by atoms with Gasteiger partial charge in [0.2, 0.25) is 0 Å². The first-order chi connectivity index (χ1) is 10.1. The van der Waals surface area contributed by atoms with Crippen LogP contribution in [0.1, 0.15) is 15.9 Å². The molecule has 1 N–H and O–H groups in total. The van der Waals surface area contributed by atoms with Crippen LogP contribution in [0.25, 0.3) is 0 Å². The van der Waals surface area contributed by atoms with Crippen LogP contribution < -0.4 is 10.1 Å². The summed E-state index contributed by atoms with van der Waals surface area (Å²) in [5.41, 5.74) is 1.05. The third-order valence-electron chi connectivity index (χ3n) is 3.34. The standard InChI is InChI=1S/C16H13F2NO2/c17-12-3-1-2-10(6-12)16(20)19-9-14-8-11-7-13(18)4-5-15(11)21-14/h1-7,14H,8-9H2,(H,19,20). The molecule has 108 valence electrons. The monoisotopic (exact) mass is 289 g/mol. The smallest absolute Gasteiger partial charge is 0.251 e. The Balaban J connectivity index is 1.59. The maximum atomic E-state index is 13.1. The maximum absolute atomic E-state index is 13.1. The Hall–Kier alpha value is -2.43. The minimum Gasteiger partial charge on any atom is -0.488 e. The first-order valence-electron chi connectivity index (χ1n) is 6.60. The van der Waals surface area contributed by atoms with Crippen molar-refractivity contribution in [2.45, 2.75) is 12.5 Å². The second kappa shape index (κ2) is 5.52. The Morgan fingerprint density at radius 3 is 2.81 bits per heavy atom. The molecule has 0 radical (unpaired) electrons. The van der Waals surface area contributed by atoms with Crippen molar-refractivity contribution in [3.8, 4) is 5.75 Å². The van der Waals surface area contributed by atoms with E-state index in [2.05, 4.69) is 5.32 Å². The molecule has 1 aliphatic rings. The van der Waals surface area contributed by atoms with Crippen molar-refractivity contribution in [2.75, 3.05) is 6.54 Å². The van der Waals surface area contributed by atoms with E-state index in [1.807, 2.05) is 0 Å². The zero-order chi connectivity index (χ0) is 14.8. The Kier molecular flexibility index (Phi) is 3.56. The molecular weight excluding hydrogens is 276 g/mol. The van der Waals surface area contributed by atoms with Crippen LogP contribution >= 0.6 is 0 Å². The van der Waals surface area contributed by atoms with E-state index in [1.165, 1.54) is 36.4 Å². The van der Waals surface area contributed by atoms with Crippen LogP contribution in [0.2, 0.25) is 0 Å². The molecule has 1 aliphatic heterocycles. The number of hydrogen-bond acceptors (Lipinski definition) is 2. The number of carbonyl (C=O) groups excluding carboxylic acids is 1. The van der Waals surface area contributed by atoms with Crippen molar-refractivity contribution in [3.05, 3.63) is 65.2 Å². The van der Waals surface area contributed by atoms with E-state index in [9.17, 15) is 13.6 Å². The minimum absolute atomic E-state index is 0.237. The lowest BCUT2D eigenvalue weighted by Crippen LogP contribution is -2.34. The van der Waals surface area contributed by atoms with Crippen molar-refractivity contribution in [2.24, 2.45) is 0 Å². The normalized spacial score (nSPS) is 16.2. The van der Waals surface area contributed by atoms with Gasteiger partial charge in [-0.1, -0.05) is 6.07 Å². The van der Waals surface area contributed by atoms with Gasteiger partial charge in [0, 0.05) is 17.5 Å². The molecule has 0 fully saturated rings. The van der Waals surface area contributed by atoms with Crippen LogP contribution in [0.3, 0.4) is 0 Å². The van der Waals surface area contributed by atoms with Crippen molar-refractivity contribution >= 4 is 5.91 Å². The molecule has 0 spiro atoms. The molecule has 3 nitrogen and oxygen atoms in total. The fourth-order valence-corrected chi connectivity index (χ4v) is 2.34. The summed E-state index contributed by atoms with van der Waals surface area (Å²) in [6, 6.07) is 9.83. The van der Waals surface area contributed by atoms with Gasteiger partial charge in [-0.15, -0.1) is 0 Å². The molecule has 1 amide bonds. The van der Waals surface area contributed by atoms with Gasteiger partial charge in [-0.05, 0) is 36.4 Å². The highest BCUT2D eigenvalue weighted by Crippen LogP contribution is 2.28. The molecule has 1 unspecified atom stereocenters. The summed E-state index contributed by atoms with van der Waals surface area (Å²) in [5.74, 6) is -0.480. The van der Waals surface area contributed by atoms with Crippen molar-refractivity contribution in [1.82, 2.24) is 5.32 Å². The molecule has 0 bridgehead atoms. The van der Waals surface area contributed by atoms with E-state index in [-0.39, 0.29) is 29.9 Å². The van der Waals surface area contributed by atoms with Crippen molar-refractivity contribution < 1.29 is 18.3 Å². The Labute approximate surface area is 120 Å². The summed E-state index contributed by atoms with van der Waals surface area (Å²) in [7, 11) is 0. The van der Waals surface area contributed by atoms with E-state index in [0.717, 1.165) is 5.56 Å². The topological polar surface area (TPSA) is 38.3 Å². The Bertz CT molecular complexity index is 688. The predicted molar refractivity (Wildman–Crippen MR) is 73.3 cm³/mol. The minimum atomic E-state index is -0.456. The van der Waals surface area contributed by atoms with Crippen LogP contribution in [-0.2, 0) is 6.42 Å². The predicted octanol–water partition coefficient (Wildman–Crippen LogP) is 2.70. The van der Waals surface area contributed by atoms with Gasteiger partial charge >= 0.3 is 0 Å². The fourth-order valence-electron chi connectivity index (χ4n) is 2.34. The van der Waals surface area contributed by atoms with Gasteiger partial charge in [0.15, 0.2) is 0 Å². The molecular formula is C16H13F2NO2. The van der Waals surface area contributed by atoms with Gasteiger partial charge in [0.25, 0.3) is 5.91 Å². The molecule has 1 heterocycles. The van der Waals surface area contributed by atoms with Crippen LogP contribution in [-0.4, -0.2) is 18.6 Å². The summed E-state index contributed by atoms with van der Waals surface area (Å²) < 4.78 is 31.8. The second-order valence-electron chi connectivity index (χ2n) is 4.92. The summed E-state index contributed by atoms with van der Waals surface area (Å²) in [6.45, 7) is 0.283. The van der Waals surface area contributed by atoms with Gasteiger partial charge in [-0.2, -0.15) is 0 Å². The molecule has 21 heavy (non-hydrogen) atoms. The molecule has 0 aliphatic carbocycles. The lowest BCUT2D eigenvalue weighted by atomic mass is 10.1. The molecule has 0 saturated heterocycles. The largest absolute Gasteiger partial charge is 0.488 e. The highest BCUT2D eigenvalue weighted by molar-refractivity contribution is 5.94. The number of ether oxygens (including phenoxy) is 1. The summed E-state index contributed by atoms with van der Waals surface area (Å²) in [4.78, 5) is 11.9. The van der Waals surface area contributed by atoms with Crippen molar-refractivity contribution in [1.29, 1.82) is 0 Å². The van der Waals surface area contributed by atoms with E-state index in [0.29, 0.717) is 12.2 Å². The number of amides is 1. The second-order valence-corrected chi connectivity index (χ2v) is 4.92. The molecule has 1 atom stereocenters. The third-order valence-corrected chi connectivity index (χ3v) is 3.34. The quantitative estimate of drug-likeness (QED) is 0.943. The molecule has 0 aromatic heterocycles. The number of rotatable bonds is 3. The Morgan fingerprint density at radius 1 is 1.19 bits per heavy atom. The fraction of sp³-hybridized carbons (Fsp3) is 0.188. The first-order valence-corrected chi connectivity index (χ1v) is 6.60. The summed E-state index contributed by atoms with van der Waals surface area (Å²) in [6.07, 6.45) is 0.301. The van der Waals surface area contributed by atoms with E-state index < -0.39 is 5.82 Å². The van der Waals surface area contributed by atoms with Crippen LogP contribution in [0.5, 0.6) is 5.75 Å². The number of nitrogens with one attached hydrogen (secondary N) is 1. The lowest BCUT2D eigenvalue weighted by Gasteiger charge is -2.12. The third kappa shape index (κ3) is 3.02. The van der Waals surface area contributed by atoms with Gasteiger partial charge in [0.05, 0.1) is 6.54 Å². The molecule has 3 rings (SSSR count). The maximum Gasteiger partial charge on any atom is 0.251 e. The average molecular weight is 289 g/mol. The number of carbonyl (C=O) groups is 1. The van der Waals surface area contributed by atoms with Gasteiger partial charge in [-0.3, -0.25) is 4.79 Å². The molecule has 5 heteroatoms. The first kappa shape index (κ1) is 13.5. The summed E-state index contributed by atoms with van der Waals surface area (Å²) >= 11 is 0. The van der Waals surface area contributed by atoms with Crippen LogP contribution in [0.4, 0.5) is 8.78 Å². The lowest BCUT2D eigenvalue weighted by molar-refractivity contribution is 0.0933. The van der Waals surface area contributed by atoms with E-state index in [4.69, 9.17) is 4.74 Å². The summed E-state index contributed by atoms with van der Waals surface area (Å²) in [5, 5.41) is 2.69. The van der Waals surface area contributed by atoms with Crippen LogP contribution in [0, 0.1) is 11.6 Å². The highest BCUT2D eigenvalue weighted by Gasteiger charge is 2.23.